The lowest BCUT2D eigenvalue weighted by molar-refractivity contribution is 0.0912. The van der Waals surface area contributed by atoms with E-state index in [-0.39, 0.29) is 17.7 Å². The highest BCUT2D eigenvalue weighted by Crippen LogP contribution is 2.27. The van der Waals surface area contributed by atoms with Crippen molar-refractivity contribution in [3.63, 3.8) is 0 Å². The summed E-state index contributed by atoms with van der Waals surface area (Å²) in [5, 5.41) is 6.41. The second-order valence-electron chi connectivity index (χ2n) is 6.72. The molecule has 4 rings (SSSR count). The van der Waals surface area contributed by atoms with E-state index < -0.39 is 0 Å². The summed E-state index contributed by atoms with van der Waals surface area (Å²) < 4.78 is 12.6. The van der Waals surface area contributed by atoms with Crippen LogP contribution in [0.25, 0.3) is 0 Å². The van der Waals surface area contributed by atoms with E-state index in [1.54, 1.807) is 6.07 Å². The van der Waals surface area contributed by atoms with E-state index in [1.807, 2.05) is 6.20 Å². The molecule has 2 aliphatic rings. The van der Waals surface area contributed by atoms with Gasteiger partial charge in [0, 0.05) is 32.3 Å². The highest BCUT2D eigenvalue weighted by molar-refractivity contribution is 5.91. The van der Waals surface area contributed by atoms with E-state index >= 15 is 0 Å². The highest BCUT2D eigenvalue weighted by atomic mass is 16.5. The first-order valence-corrected chi connectivity index (χ1v) is 8.77. The van der Waals surface area contributed by atoms with E-state index in [2.05, 4.69) is 31.8 Å². The van der Waals surface area contributed by atoms with Crippen molar-refractivity contribution < 1.29 is 14.1 Å². The lowest BCUT2D eigenvalue weighted by Gasteiger charge is -2.35. The van der Waals surface area contributed by atoms with E-state index in [4.69, 9.17) is 9.26 Å². The topological polar surface area (TPSA) is 85.4 Å². The molecule has 2 aliphatic heterocycles. The van der Waals surface area contributed by atoms with Crippen LogP contribution >= 0.6 is 0 Å². The number of carbonyl (C=O) groups excluding carboxylic acids is 1. The molecule has 0 saturated carbocycles. The van der Waals surface area contributed by atoms with Gasteiger partial charge in [-0.25, -0.2) is 4.98 Å². The van der Waals surface area contributed by atoms with Crippen LogP contribution in [0.15, 0.2) is 23.0 Å². The fourth-order valence-electron chi connectivity index (χ4n) is 3.64. The molecule has 2 atom stereocenters. The number of hydrogen-bond acceptors (Lipinski definition) is 6. The maximum Gasteiger partial charge on any atom is 0.290 e. The number of fused-ring (bicyclic) bond motifs is 1. The molecule has 0 aromatic carbocycles. The first kappa shape index (κ1) is 16.3. The lowest BCUT2D eigenvalue weighted by atomic mass is 10.1. The minimum Gasteiger partial charge on any atom is -0.381 e. The van der Waals surface area contributed by atoms with Crippen LogP contribution in [0, 0.1) is 5.92 Å². The summed E-state index contributed by atoms with van der Waals surface area (Å²) in [4.78, 5) is 19.1. The lowest BCUT2D eigenvalue weighted by Crippen LogP contribution is -2.40. The van der Waals surface area contributed by atoms with E-state index in [0.717, 1.165) is 50.8 Å². The summed E-state index contributed by atoms with van der Waals surface area (Å²) in [5.74, 6) is 1.65. The van der Waals surface area contributed by atoms with Crippen LogP contribution in [0.5, 0.6) is 0 Å². The maximum atomic E-state index is 12.0. The molecule has 1 fully saturated rings. The number of nitrogens with zero attached hydrogens (tertiary/aromatic N) is 4. The van der Waals surface area contributed by atoms with Gasteiger partial charge in [0.25, 0.3) is 5.91 Å². The van der Waals surface area contributed by atoms with Crippen LogP contribution in [0.1, 0.15) is 41.5 Å². The van der Waals surface area contributed by atoms with Crippen LogP contribution in [0.4, 0.5) is 0 Å². The largest absolute Gasteiger partial charge is 0.381 e. The first-order chi connectivity index (χ1) is 12.2. The number of carbonyl (C=O) groups is 1. The first-order valence-electron chi connectivity index (χ1n) is 8.77. The minimum absolute atomic E-state index is 0.219. The number of imidazole rings is 1. The molecule has 134 valence electrons. The highest BCUT2D eigenvalue weighted by Gasteiger charge is 2.29. The van der Waals surface area contributed by atoms with Crippen molar-refractivity contribution in [3.8, 4) is 0 Å². The van der Waals surface area contributed by atoms with Gasteiger partial charge in [-0.15, -0.1) is 0 Å². The summed E-state index contributed by atoms with van der Waals surface area (Å²) in [7, 11) is 0. The predicted octanol–water partition coefficient (Wildman–Crippen LogP) is 1.21. The molecule has 25 heavy (non-hydrogen) atoms. The summed E-state index contributed by atoms with van der Waals surface area (Å²) in [5.41, 5.74) is 1.01. The Hall–Kier alpha value is -2.19. The fraction of sp³-hybridized carbons (Fsp3) is 0.588. The zero-order chi connectivity index (χ0) is 17.2. The molecular formula is C17H23N5O3. The molecule has 1 saturated heterocycles. The summed E-state index contributed by atoms with van der Waals surface area (Å²) in [6.45, 7) is 7.32. The van der Waals surface area contributed by atoms with Crippen molar-refractivity contribution >= 4 is 5.91 Å². The van der Waals surface area contributed by atoms with Gasteiger partial charge in [-0.1, -0.05) is 5.16 Å². The molecule has 0 unspecified atom stereocenters. The fourth-order valence-corrected chi connectivity index (χ4v) is 3.64. The zero-order valence-electron chi connectivity index (χ0n) is 14.4. The number of nitrogens with one attached hydrogen (secondary N) is 1. The Kier molecular flexibility index (Phi) is 4.54. The van der Waals surface area contributed by atoms with E-state index in [0.29, 0.717) is 12.5 Å². The molecule has 1 amide bonds. The molecule has 0 spiro atoms. The van der Waals surface area contributed by atoms with Crippen molar-refractivity contribution in [2.75, 3.05) is 26.3 Å². The Morgan fingerprint density at radius 1 is 1.44 bits per heavy atom. The minimum atomic E-state index is -0.264. The maximum absolute atomic E-state index is 12.0. The summed E-state index contributed by atoms with van der Waals surface area (Å²) >= 11 is 0. The Morgan fingerprint density at radius 2 is 2.36 bits per heavy atom. The molecule has 2 aromatic rings. The second-order valence-corrected chi connectivity index (χ2v) is 6.72. The molecule has 1 N–H and O–H groups in total. The Labute approximate surface area is 146 Å². The van der Waals surface area contributed by atoms with Crippen molar-refractivity contribution in [1.29, 1.82) is 0 Å². The molecule has 0 bridgehead atoms. The van der Waals surface area contributed by atoms with Crippen LogP contribution in [0.2, 0.25) is 0 Å². The number of ether oxygens (including phenoxy) is 1. The number of hydrogen-bond donors (Lipinski definition) is 1. The molecule has 8 heteroatoms. The van der Waals surface area contributed by atoms with Crippen molar-refractivity contribution in [1.82, 2.24) is 24.9 Å². The van der Waals surface area contributed by atoms with Crippen molar-refractivity contribution in [3.05, 3.63) is 35.7 Å². The normalized spacial score (nSPS) is 23.6. The summed E-state index contributed by atoms with van der Waals surface area (Å²) in [6, 6.07) is 1.82. The second kappa shape index (κ2) is 6.97. The van der Waals surface area contributed by atoms with E-state index in [1.165, 1.54) is 6.20 Å². The van der Waals surface area contributed by atoms with Gasteiger partial charge < -0.3 is 19.1 Å². The molecule has 0 aliphatic carbocycles. The average Bonchev–Trinajstić information content (AvgIpc) is 3.37. The third-order valence-electron chi connectivity index (χ3n) is 5.11. The molecular weight excluding hydrogens is 322 g/mol. The van der Waals surface area contributed by atoms with Gasteiger partial charge in [-0.2, -0.15) is 0 Å². The Balaban J connectivity index is 1.40. The molecule has 2 aromatic heterocycles. The van der Waals surface area contributed by atoms with Crippen LogP contribution in [-0.4, -0.2) is 51.8 Å². The number of rotatable bonds is 5. The quantitative estimate of drug-likeness (QED) is 0.877. The van der Waals surface area contributed by atoms with Gasteiger partial charge in [0.05, 0.1) is 37.3 Å². The predicted molar refractivity (Wildman–Crippen MR) is 88.8 cm³/mol. The number of aromatic nitrogens is 3. The van der Waals surface area contributed by atoms with Crippen molar-refractivity contribution in [2.24, 2.45) is 5.92 Å². The Bertz CT molecular complexity index is 721. The van der Waals surface area contributed by atoms with Gasteiger partial charge >= 0.3 is 0 Å². The SMILES string of the molecule is C[C@H]1c2ncc(CNC(=O)c3ccno3)n2CCN1C[C@@H]1CCOC1. The van der Waals surface area contributed by atoms with E-state index in [9.17, 15) is 4.79 Å². The number of amides is 1. The van der Waals surface area contributed by atoms with Gasteiger partial charge in [0.15, 0.2) is 0 Å². The van der Waals surface area contributed by atoms with Crippen molar-refractivity contribution in [2.45, 2.75) is 32.5 Å². The van der Waals surface area contributed by atoms with Gasteiger partial charge in [0.2, 0.25) is 5.76 Å². The summed E-state index contributed by atoms with van der Waals surface area (Å²) in [6.07, 6.45) is 4.46. The van der Waals surface area contributed by atoms with Crippen LogP contribution in [0.3, 0.4) is 0 Å². The Morgan fingerprint density at radius 3 is 3.12 bits per heavy atom. The zero-order valence-corrected chi connectivity index (χ0v) is 14.4. The van der Waals surface area contributed by atoms with Gasteiger partial charge in [-0.3, -0.25) is 9.69 Å². The van der Waals surface area contributed by atoms with Gasteiger partial charge in [-0.05, 0) is 19.3 Å². The van der Waals surface area contributed by atoms with Crippen LogP contribution < -0.4 is 5.32 Å². The average molecular weight is 345 g/mol. The standard InChI is InChI=1S/C17H23N5O3/c1-12-16-18-8-14(9-19-17(23)15-2-4-20-25-15)22(16)6-5-21(12)10-13-3-7-24-11-13/h2,4,8,12-13H,3,5-7,9-11H2,1H3,(H,19,23)/t12-,13-/m0/s1. The smallest absolute Gasteiger partial charge is 0.290 e. The third-order valence-corrected chi connectivity index (χ3v) is 5.11. The third kappa shape index (κ3) is 3.32. The van der Waals surface area contributed by atoms with Gasteiger partial charge in [0.1, 0.15) is 5.82 Å². The molecule has 4 heterocycles. The monoisotopic (exact) mass is 345 g/mol. The molecule has 8 nitrogen and oxygen atoms in total. The van der Waals surface area contributed by atoms with Crippen LogP contribution in [-0.2, 0) is 17.8 Å². The molecule has 0 radical (unpaired) electrons.